The Labute approximate surface area is 158 Å². The number of amides is 2. The second kappa shape index (κ2) is 8.66. The second-order valence-corrected chi connectivity index (χ2v) is 6.49. The Hall–Kier alpha value is -2.89. The first-order valence-electron chi connectivity index (χ1n) is 9.16. The molecule has 3 rings (SSSR count). The van der Waals surface area contributed by atoms with E-state index in [1.807, 2.05) is 30.3 Å². The zero-order chi connectivity index (χ0) is 19.2. The fourth-order valence-corrected chi connectivity index (χ4v) is 3.19. The van der Waals surface area contributed by atoms with Crippen molar-refractivity contribution >= 4 is 12.0 Å². The first-order valence-corrected chi connectivity index (χ1v) is 9.16. The van der Waals surface area contributed by atoms with Gasteiger partial charge in [0, 0.05) is 19.1 Å². The van der Waals surface area contributed by atoms with Crippen molar-refractivity contribution in [3.05, 3.63) is 59.9 Å². The van der Waals surface area contributed by atoms with Crippen LogP contribution >= 0.6 is 0 Å². The standard InChI is InChI=1S/C21H23FN2O3/c1-2-27-21(26)24-12-10-17(11-13-24)23-20(25)18-9-8-16(14-19(18)22)15-6-4-3-5-7-15/h3-9,14,17H,2,10-13H2,1H3,(H,23,25). The van der Waals surface area contributed by atoms with E-state index in [4.69, 9.17) is 4.74 Å². The van der Waals surface area contributed by atoms with Crippen LogP contribution in [-0.4, -0.2) is 42.6 Å². The summed E-state index contributed by atoms with van der Waals surface area (Å²) in [7, 11) is 0. The van der Waals surface area contributed by atoms with E-state index in [2.05, 4.69) is 5.32 Å². The summed E-state index contributed by atoms with van der Waals surface area (Å²) in [6, 6.07) is 14.0. The highest BCUT2D eigenvalue weighted by molar-refractivity contribution is 5.95. The number of carbonyl (C=O) groups excluding carboxylic acids is 2. The number of ether oxygens (including phenoxy) is 1. The van der Waals surface area contributed by atoms with Crippen LogP contribution in [0.1, 0.15) is 30.1 Å². The van der Waals surface area contributed by atoms with E-state index in [1.54, 1.807) is 17.9 Å². The maximum atomic E-state index is 14.5. The van der Waals surface area contributed by atoms with E-state index < -0.39 is 11.7 Å². The van der Waals surface area contributed by atoms with Gasteiger partial charge in [0.15, 0.2) is 0 Å². The Morgan fingerprint density at radius 1 is 1.11 bits per heavy atom. The van der Waals surface area contributed by atoms with Gasteiger partial charge in [-0.3, -0.25) is 4.79 Å². The Morgan fingerprint density at radius 3 is 2.44 bits per heavy atom. The molecule has 1 N–H and O–H groups in total. The van der Waals surface area contributed by atoms with Gasteiger partial charge in [0.1, 0.15) is 5.82 Å². The van der Waals surface area contributed by atoms with Gasteiger partial charge >= 0.3 is 6.09 Å². The minimum absolute atomic E-state index is 0.0301. The number of nitrogens with zero attached hydrogens (tertiary/aromatic N) is 1. The molecule has 0 radical (unpaired) electrons. The molecule has 2 aromatic rings. The van der Waals surface area contributed by atoms with Gasteiger partial charge in [0.05, 0.1) is 12.2 Å². The number of nitrogens with one attached hydrogen (secondary N) is 1. The van der Waals surface area contributed by atoms with Crippen LogP contribution < -0.4 is 5.32 Å². The number of halogens is 1. The van der Waals surface area contributed by atoms with Crippen molar-refractivity contribution in [1.82, 2.24) is 10.2 Å². The molecule has 142 valence electrons. The summed E-state index contributed by atoms with van der Waals surface area (Å²) in [5, 5.41) is 2.87. The number of hydrogen-bond donors (Lipinski definition) is 1. The number of piperidine rings is 1. The molecule has 1 aliphatic rings. The molecule has 0 atom stereocenters. The minimum Gasteiger partial charge on any atom is -0.450 e. The summed E-state index contributed by atoms with van der Waals surface area (Å²) in [6.07, 6.45) is 0.910. The van der Waals surface area contributed by atoms with Gasteiger partial charge in [-0.25, -0.2) is 9.18 Å². The Balaban J connectivity index is 1.60. The summed E-state index contributed by atoms with van der Waals surface area (Å²) < 4.78 is 19.4. The lowest BCUT2D eigenvalue weighted by atomic mass is 10.0. The molecule has 0 aliphatic carbocycles. The smallest absolute Gasteiger partial charge is 0.409 e. The Morgan fingerprint density at radius 2 is 1.81 bits per heavy atom. The van der Waals surface area contributed by atoms with E-state index in [9.17, 15) is 14.0 Å². The minimum atomic E-state index is -0.544. The first-order chi connectivity index (χ1) is 13.1. The molecule has 0 unspecified atom stereocenters. The monoisotopic (exact) mass is 370 g/mol. The number of rotatable bonds is 4. The average molecular weight is 370 g/mol. The van der Waals surface area contributed by atoms with Gasteiger partial charge in [-0.05, 0) is 43.0 Å². The van der Waals surface area contributed by atoms with Crippen molar-refractivity contribution in [2.75, 3.05) is 19.7 Å². The highest BCUT2D eigenvalue weighted by Crippen LogP contribution is 2.22. The van der Waals surface area contributed by atoms with Crippen LogP contribution in [0.2, 0.25) is 0 Å². The molecule has 0 spiro atoms. The molecule has 1 fully saturated rings. The molecule has 1 aliphatic heterocycles. The molecule has 2 aromatic carbocycles. The van der Waals surface area contributed by atoms with E-state index in [-0.39, 0.29) is 17.7 Å². The van der Waals surface area contributed by atoms with Crippen molar-refractivity contribution in [3.63, 3.8) is 0 Å². The van der Waals surface area contributed by atoms with Gasteiger partial charge in [-0.1, -0.05) is 36.4 Å². The van der Waals surface area contributed by atoms with Crippen LogP contribution in [0.15, 0.2) is 48.5 Å². The van der Waals surface area contributed by atoms with E-state index in [0.717, 1.165) is 11.1 Å². The SMILES string of the molecule is CCOC(=O)N1CCC(NC(=O)c2ccc(-c3ccccc3)cc2F)CC1. The van der Waals surface area contributed by atoms with Crippen molar-refractivity contribution in [3.8, 4) is 11.1 Å². The first kappa shape index (κ1) is 18.9. The molecule has 5 nitrogen and oxygen atoms in total. The largest absolute Gasteiger partial charge is 0.450 e. The summed E-state index contributed by atoms with van der Waals surface area (Å²) in [5.74, 6) is -0.973. The van der Waals surface area contributed by atoms with Gasteiger partial charge in [0.25, 0.3) is 5.91 Å². The Bertz CT molecular complexity index is 802. The van der Waals surface area contributed by atoms with Crippen LogP contribution in [0.5, 0.6) is 0 Å². The number of hydrogen-bond acceptors (Lipinski definition) is 3. The summed E-state index contributed by atoms with van der Waals surface area (Å²) >= 11 is 0. The maximum Gasteiger partial charge on any atom is 0.409 e. The maximum absolute atomic E-state index is 14.5. The molecular formula is C21H23FN2O3. The second-order valence-electron chi connectivity index (χ2n) is 6.49. The molecule has 1 heterocycles. The fraction of sp³-hybridized carbons (Fsp3) is 0.333. The third-order valence-corrected chi connectivity index (χ3v) is 4.68. The van der Waals surface area contributed by atoms with E-state index >= 15 is 0 Å². The lowest BCUT2D eigenvalue weighted by Gasteiger charge is -2.31. The zero-order valence-electron chi connectivity index (χ0n) is 15.3. The number of benzene rings is 2. The van der Waals surface area contributed by atoms with Gasteiger partial charge in [-0.2, -0.15) is 0 Å². The van der Waals surface area contributed by atoms with E-state index in [1.165, 1.54) is 12.1 Å². The molecule has 6 heteroatoms. The highest BCUT2D eigenvalue weighted by atomic mass is 19.1. The Kier molecular flexibility index (Phi) is 6.06. The normalized spacial score (nSPS) is 14.7. The third-order valence-electron chi connectivity index (χ3n) is 4.68. The highest BCUT2D eigenvalue weighted by Gasteiger charge is 2.25. The zero-order valence-corrected chi connectivity index (χ0v) is 15.3. The van der Waals surface area contributed by atoms with Gasteiger partial charge < -0.3 is 15.0 Å². The van der Waals surface area contributed by atoms with Crippen LogP contribution in [-0.2, 0) is 4.74 Å². The number of carbonyl (C=O) groups is 2. The van der Waals surface area contributed by atoms with Gasteiger partial charge in [0.2, 0.25) is 0 Å². The topological polar surface area (TPSA) is 58.6 Å². The third kappa shape index (κ3) is 4.64. The van der Waals surface area contributed by atoms with E-state index in [0.29, 0.717) is 32.5 Å². The number of likely N-dealkylation sites (tertiary alicyclic amines) is 1. The predicted molar refractivity (Wildman–Crippen MR) is 101 cm³/mol. The van der Waals surface area contributed by atoms with Crippen LogP contribution in [0.4, 0.5) is 9.18 Å². The molecule has 1 saturated heterocycles. The van der Waals surface area contributed by atoms with Crippen molar-refractivity contribution in [1.29, 1.82) is 0 Å². The molecule has 2 amide bonds. The molecule has 27 heavy (non-hydrogen) atoms. The molecule has 0 aromatic heterocycles. The summed E-state index contributed by atoms with van der Waals surface area (Å²) in [5.41, 5.74) is 1.66. The summed E-state index contributed by atoms with van der Waals surface area (Å²) in [6.45, 7) is 3.13. The van der Waals surface area contributed by atoms with Crippen LogP contribution in [0.25, 0.3) is 11.1 Å². The average Bonchev–Trinajstić information content (AvgIpc) is 2.69. The molecule has 0 saturated carbocycles. The van der Waals surface area contributed by atoms with Crippen molar-refractivity contribution in [2.45, 2.75) is 25.8 Å². The molecular weight excluding hydrogens is 347 g/mol. The predicted octanol–water partition coefficient (Wildman–Crippen LogP) is 3.84. The van der Waals surface area contributed by atoms with Crippen molar-refractivity contribution in [2.24, 2.45) is 0 Å². The lowest BCUT2D eigenvalue weighted by Crippen LogP contribution is -2.46. The molecule has 0 bridgehead atoms. The lowest BCUT2D eigenvalue weighted by molar-refractivity contribution is 0.0857. The quantitative estimate of drug-likeness (QED) is 0.890. The van der Waals surface area contributed by atoms with Crippen LogP contribution in [0, 0.1) is 5.82 Å². The van der Waals surface area contributed by atoms with Crippen LogP contribution in [0.3, 0.4) is 0 Å². The summed E-state index contributed by atoms with van der Waals surface area (Å²) in [4.78, 5) is 25.8. The van der Waals surface area contributed by atoms with Crippen molar-refractivity contribution < 1.29 is 18.7 Å². The van der Waals surface area contributed by atoms with Gasteiger partial charge in [-0.15, -0.1) is 0 Å². The fourth-order valence-electron chi connectivity index (χ4n) is 3.19.